The molecule has 4 heteroatoms. The van der Waals surface area contributed by atoms with E-state index in [2.05, 4.69) is 29.8 Å². The number of fused-ring (bicyclic) bond motifs is 1. The fourth-order valence-electron chi connectivity index (χ4n) is 2.34. The zero-order valence-electron chi connectivity index (χ0n) is 11.3. The number of hydrogen-bond donors (Lipinski definition) is 1. The van der Waals surface area contributed by atoms with Crippen molar-refractivity contribution in [2.45, 2.75) is 39.5 Å². The maximum atomic E-state index is 11.3. The molecule has 0 saturated carbocycles. The van der Waals surface area contributed by atoms with Crippen LogP contribution in [0.1, 0.15) is 54.8 Å². The van der Waals surface area contributed by atoms with E-state index >= 15 is 0 Å². The van der Waals surface area contributed by atoms with E-state index in [0.29, 0.717) is 12.0 Å². The van der Waals surface area contributed by atoms with E-state index in [1.807, 2.05) is 19.1 Å². The molecule has 0 aliphatic rings. The van der Waals surface area contributed by atoms with Crippen molar-refractivity contribution in [1.29, 1.82) is 0 Å². The SMILES string of the molecule is CCCc1c(C(=O)O)oc2c(C(C)C)cc(Br)cc12. The van der Waals surface area contributed by atoms with Gasteiger partial charge in [0.2, 0.25) is 5.76 Å². The molecule has 102 valence electrons. The van der Waals surface area contributed by atoms with Crippen molar-refractivity contribution in [3.05, 3.63) is 33.5 Å². The van der Waals surface area contributed by atoms with E-state index in [1.54, 1.807) is 0 Å². The number of rotatable bonds is 4. The molecule has 0 unspecified atom stereocenters. The van der Waals surface area contributed by atoms with Crippen LogP contribution >= 0.6 is 15.9 Å². The van der Waals surface area contributed by atoms with Crippen LogP contribution in [0.3, 0.4) is 0 Å². The predicted molar refractivity (Wildman–Crippen MR) is 79.0 cm³/mol. The number of aromatic carboxylic acids is 1. The first-order valence-electron chi connectivity index (χ1n) is 6.43. The predicted octanol–water partition coefficient (Wildman–Crippen LogP) is 4.97. The molecule has 0 spiro atoms. The second-order valence-corrected chi connectivity index (χ2v) is 5.91. The lowest BCUT2D eigenvalue weighted by Crippen LogP contribution is -1.98. The number of aryl methyl sites for hydroxylation is 1. The lowest BCUT2D eigenvalue weighted by molar-refractivity contribution is 0.0663. The summed E-state index contributed by atoms with van der Waals surface area (Å²) in [5.41, 5.74) is 2.54. The Bertz CT molecular complexity index is 626. The molecule has 3 nitrogen and oxygen atoms in total. The molecule has 2 rings (SSSR count). The average Bonchev–Trinajstić information content (AvgIpc) is 2.68. The van der Waals surface area contributed by atoms with Crippen LogP contribution in [0.15, 0.2) is 21.0 Å². The Morgan fingerprint density at radius 1 is 1.42 bits per heavy atom. The Morgan fingerprint density at radius 2 is 2.11 bits per heavy atom. The minimum absolute atomic E-state index is 0.0804. The Morgan fingerprint density at radius 3 is 2.63 bits per heavy atom. The van der Waals surface area contributed by atoms with E-state index in [1.165, 1.54) is 0 Å². The molecule has 19 heavy (non-hydrogen) atoms. The Hall–Kier alpha value is -1.29. The number of carboxylic acid groups (broad SMARTS) is 1. The van der Waals surface area contributed by atoms with E-state index in [0.717, 1.165) is 27.4 Å². The number of benzene rings is 1. The molecule has 1 heterocycles. The molecular formula is C15H17BrO3. The van der Waals surface area contributed by atoms with Crippen molar-refractivity contribution in [1.82, 2.24) is 0 Å². The van der Waals surface area contributed by atoms with Crippen molar-refractivity contribution in [2.24, 2.45) is 0 Å². The highest BCUT2D eigenvalue weighted by molar-refractivity contribution is 9.10. The molecule has 0 saturated heterocycles. The minimum Gasteiger partial charge on any atom is -0.475 e. The maximum Gasteiger partial charge on any atom is 0.372 e. The van der Waals surface area contributed by atoms with Gasteiger partial charge in [0.15, 0.2) is 0 Å². The van der Waals surface area contributed by atoms with Crippen molar-refractivity contribution in [2.75, 3.05) is 0 Å². The van der Waals surface area contributed by atoms with E-state index in [4.69, 9.17) is 4.42 Å². The van der Waals surface area contributed by atoms with Gasteiger partial charge in [-0.05, 0) is 30.0 Å². The van der Waals surface area contributed by atoms with E-state index < -0.39 is 5.97 Å². The molecule has 0 bridgehead atoms. The number of halogens is 1. The van der Waals surface area contributed by atoms with Gasteiger partial charge in [0.1, 0.15) is 5.58 Å². The van der Waals surface area contributed by atoms with Crippen molar-refractivity contribution in [3.63, 3.8) is 0 Å². The van der Waals surface area contributed by atoms with Gasteiger partial charge >= 0.3 is 5.97 Å². The standard InChI is InChI=1S/C15H17BrO3/c1-4-5-10-12-7-9(16)6-11(8(2)3)13(12)19-14(10)15(17)18/h6-8H,4-5H2,1-3H3,(H,17,18). The summed E-state index contributed by atoms with van der Waals surface area (Å²) in [7, 11) is 0. The van der Waals surface area contributed by atoms with Crippen LogP contribution in [-0.2, 0) is 6.42 Å². The van der Waals surface area contributed by atoms with E-state index in [-0.39, 0.29) is 11.7 Å². The van der Waals surface area contributed by atoms with Gasteiger partial charge in [-0.15, -0.1) is 0 Å². The minimum atomic E-state index is -0.995. The van der Waals surface area contributed by atoms with Crippen molar-refractivity contribution >= 4 is 32.9 Å². The molecular weight excluding hydrogens is 308 g/mol. The van der Waals surface area contributed by atoms with Crippen LogP contribution in [0.5, 0.6) is 0 Å². The summed E-state index contributed by atoms with van der Waals surface area (Å²) < 4.78 is 6.60. The molecule has 0 aliphatic carbocycles. The molecule has 1 aromatic heterocycles. The highest BCUT2D eigenvalue weighted by atomic mass is 79.9. The third kappa shape index (κ3) is 2.54. The van der Waals surface area contributed by atoms with Crippen LogP contribution in [0.4, 0.5) is 0 Å². The first-order valence-corrected chi connectivity index (χ1v) is 7.23. The second-order valence-electron chi connectivity index (χ2n) is 4.99. The third-order valence-electron chi connectivity index (χ3n) is 3.20. The summed E-state index contributed by atoms with van der Waals surface area (Å²) >= 11 is 3.49. The van der Waals surface area contributed by atoms with Gasteiger partial charge in [0, 0.05) is 15.4 Å². The van der Waals surface area contributed by atoms with Crippen molar-refractivity contribution < 1.29 is 14.3 Å². The Balaban J connectivity index is 2.82. The fraction of sp³-hybridized carbons (Fsp3) is 0.400. The topological polar surface area (TPSA) is 50.4 Å². The monoisotopic (exact) mass is 324 g/mol. The molecule has 0 aliphatic heterocycles. The summed E-state index contributed by atoms with van der Waals surface area (Å²) in [5.74, 6) is -0.635. The van der Waals surface area contributed by atoms with Crippen LogP contribution < -0.4 is 0 Å². The van der Waals surface area contributed by atoms with E-state index in [9.17, 15) is 9.90 Å². The lowest BCUT2D eigenvalue weighted by atomic mass is 9.98. The first kappa shape index (κ1) is 14.1. The van der Waals surface area contributed by atoms with Crippen LogP contribution in [0.2, 0.25) is 0 Å². The molecule has 0 atom stereocenters. The summed E-state index contributed by atoms with van der Waals surface area (Å²) in [6.45, 7) is 6.18. The van der Waals surface area contributed by atoms with Gasteiger partial charge in [-0.25, -0.2) is 4.79 Å². The molecule has 2 aromatic rings. The molecule has 1 N–H and O–H groups in total. The van der Waals surface area contributed by atoms with Crippen LogP contribution in [-0.4, -0.2) is 11.1 Å². The van der Waals surface area contributed by atoms with Crippen LogP contribution in [0, 0.1) is 0 Å². The van der Waals surface area contributed by atoms with Crippen LogP contribution in [0.25, 0.3) is 11.0 Å². The lowest BCUT2D eigenvalue weighted by Gasteiger charge is -2.07. The number of carbonyl (C=O) groups is 1. The normalized spacial score (nSPS) is 11.4. The smallest absolute Gasteiger partial charge is 0.372 e. The van der Waals surface area contributed by atoms with Gasteiger partial charge < -0.3 is 9.52 Å². The molecule has 1 aromatic carbocycles. The summed E-state index contributed by atoms with van der Waals surface area (Å²) in [4.78, 5) is 11.3. The fourth-order valence-corrected chi connectivity index (χ4v) is 2.81. The third-order valence-corrected chi connectivity index (χ3v) is 3.66. The second kappa shape index (κ2) is 5.37. The largest absolute Gasteiger partial charge is 0.475 e. The Kier molecular flexibility index (Phi) is 3.99. The number of hydrogen-bond acceptors (Lipinski definition) is 2. The maximum absolute atomic E-state index is 11.3. The van der Waals surface area contributed by atoms with Crippen molar-refractivity contribution in [3.8, 4) is 0 Å². The van der Waals surface area contributed by atoms with Gasteiger partial charge in [0.25, 0.3) is 0 Å². The molecule has 0 amide bonds. The van der Waals surface area contributed by atoms with Gasteiger partial charge in [0.05, 0.1) is 0 Å². The van der Waals surface area contributed by atoms with Gasteiger partial charge in [-0.1, -0.05) is 43.1 Å². The molecule has 0 fully saturated rings. The average molecular weight is 325 g/mol. The van der Waals surface area contributed by atoms with Gasteiger partial charge in [-0.2, -0.15) is 0 Å². The summed E-state index contributed by atoms with van der Waals surface area (Å²) in [6, 6.07) is 3.94. The number of carboxylic acids is 1. The highest BCUT2D eigenvalue weighted by Crippen LogP contribution is 2.35. The summed E-state index contributed by atoms with van der Waals surface area (Å²) in [6.07, 6.45) is 1.60. The first-order chi connectivity index (χ1) is 8.95. The Labute approximate surface area is 120 Å². The van der Waals surface area contributed by atoms with Gasteiger partial charge in [-0.3, -0.25) is 0 Å². The zero-order chi connectivity index (χ0) is 14.2. The highest BCUT2D eigenvalue weighted by Gasteiger charge is 2.22. The number of furan rings is 1. The quantitative estimate of drug-likeness (QED) is 0.863. The zero-order valence-corrected chi connectivity index (χ0v) is 12.9. The summed E-state index contributed by atoms with van der Waals surface area (Å²) in [5, 5.41) is 10.2. The molecule has 0 radical (unpaired) electrons.